The van der Waals surface area contributed by atoms with Gasteiger partial charge in [-0.2, -0.15) is 0 Å². The van der Waals surface area contributed by atoms with Crippen molar-refractivity contribution in [3.05, 3.63) is 74.0 Å². The number of para-hydroxylation sites is 1. The summed E-state index contributed by atoms with van der Waals surface area (Å²) in [6.07, 6.45) is 0. The molecule has 3 rings (SSSR count). The molecule has 0 aliphatic heterocycles. The van der Waals surface area contributed by atoms with Crippen molar-refractivity contribution in [1.29, 1.82) is 0 Å². The number of carbonyl (C=O) groups is 1. The Bertz CT molecular complexity index is 949. The Labute approximate surface area is 140 Å². The Morgan fingerprint density at radius 3 is 2.43 bits per heavy atom. The van der Waals surface area contributed by atoms with E-state index in [1.807, 2.05) is 26.0 Å². The van der Waals surface area contributed by atoms with E-state index in [9.17, 15) is 9.59 Å². The van der Waals surface area contributed by atoms with E-state index in [0.717, 1.165) is 15.6 Å². The zero-order valence-corrected chi connectivity index (χ0v) is 14.1. The second kappa shape index (κ2) is 6.01. The molecule has 0 unspecified atom stereocenters. The van der Waals surface area contributed by atoms with Crippen LogP contribution in [0.1, 0.15) is 21.5 Å². The molecular weight excluding hydrogens is 360 g/mol. The number of fused-ring (bicyclic) bond motifs is 1. The van der Waals surface area contributed by atoms with Crippen molar-refractivity contribution >= 4 is 32.9 Å². The molecular formula is C18H13BrO4. The van der Waals surface area contributed by atoms with Gasteiger partial charge in [-0.1, -0.05) is 34.1 Å². The first-order valence-corrected chi connectivity index (χ1v) is 7.77. The number of carbonyl (C=O) groups excluding carboxylic acids is 1. The third-order valence-electron chi connectivity index (χ3n) is 3.48. The predicted octanol–water partition coefficient (Wildman–Crippen LogP) is 4.39. The van der Waals surface area contributed by atoms with Crippen molar-refractivity contribution in [2.45, 2.75) is 13.8 Å². The van der Waals surface area contributed by atoms with E-state index in [-0.39, 0.29) is 5.56 Å². The standard InChI is InChI=1S/C18H13BrO4/c1-10-7-13(19)8-11(2)16(10)23-18(21)14-9-12-5-3-4-6-15(12)22-17(14)20/h3-9H,1-2H3. The molecule has 2 aromatic carbocycles. The molecule has 0 aliphatic carbocycles. The van der Waals surface area contributed by atoms with E-state index >= 15 is 0 Å². The van der Waals surface area contributed by atoms with Gasteiger partial charge in [0.15, 0.2) is 0 Å². The van der Waals surface area contributed by atoms with Gasteiger partial charge in [-0.25, -0.2) is 9.59 Å². The minimum Gasteiger partial charge on any atom is -0.422 e. The van der Waals surface area contributed by atoms with E-state index in [0.29, 0.717) is 16.7 Å². The zero-order valence-electron chi connectivity index (χ0n) is 12.6. The third kappa shape index (κ3) is 3.05. The van der Waals surface area contributed by atoms with Crippen molar-refractivity contribution in [1.82, 2.24) is 0 Å². The SMILES string of the molecule is Cc1cc(Br)cc(C)c1OC(=O)c1cc2ccccc2oc1=O. The van der Waals surface area contributed by atoms with Gasteiger partial charge in [0.25, 0.3) is 0 Å². The van der Waals surface area contributed by atoms with Gasteiger partial charge < -0.3 is 9.15 Å². The first-order valence-electron chi connectivity index (χ1n) is 6.97. The molecule has 0 N–H and O–H groups in total. The predicted molar refractivity (Wildman–Crippen MR) is 91.1 cm³/mol. The summed E-state index contributed by atoms with van der Waals surface area (Å²) in [5, 5.41) is 0.670. The van der Waals surface area contributed by atoms with Crippen LogP contribution in [-0.2, 0) is 0 Å². The second-order valence-corrected chi connectivity index (χ2v) is 6.16. The summed E-state index contributed by atoms with van der Waals surface area (Å²) in [6.45, 7) is 3.67. The molecule has 23 heavy (non-hydrogen) atoms. The molecule has 0 aliphatic rings. The molecule has 1 aromatic heterocycles. The second-order valence-electron chi connectivity index (χ2n) is 5.24. The third-order valence-corrected chi connectivity index (χ3v) is 3.94. The highest BCUT2D eigenvalue weighted by Crippen LogP contribution is 2.28. The summed E-state index contributed by atoms with van der Waals surface area (Å²) in [5.74, 6) is -0.274. The van der Waals surface area contributed by atoms with Crippen LogP contribution in [0.15, 0.2) is 56.1 Å². The fourth-order valence-corrected chi connectivity index (χ4v) is 3.10. The van der Waals surface area contributed by atoms with Crippen LogP contribution in [0.25, 0.3) is 11.0 Å². The fraction of sp³-hybridized carbons (Fsp3) is 0.111. The van der Waals surface area contributed by atoms with Crippen molar-refractivity contribution in [3.8, 4) is 5.75 Å². The monoisotopic (exact) mass is 372 g/mol. The number of esters is 1. The number of benzene rings is 2. The Morgan fingerprint density at radius 2 is 1.74 bits per heavy atom. The largest absolute Gasteiger partial charge is 0.422 e. The van der Waals surface area contributed by atoms with Gasteiger partial charge in [0.1, 0.15) is 16.9 Å². The first-order chi connectivity index (χ1) is 11.0. The maximum Gasteiger partial charge on any atom is 0.351 e. The van der Waals surface area contributed by atoms with Crippen LogP contribution in [0.3, 0.4) is 0 Å². The lowest BCUT2D eigenvalue weighted by atomic mass is 10.1. The highest BCUT2D eigenvalue weighted by atomic mass is 79.9. The minimum atomic E-state index is -0.724. The average Bonchev–Trinajstić information content (AvgIpc) is 2.50. The van der Waals surface area contributed by atoms with E-state index in [1.54, 1.807) is 24.3 Å². The number of ether oxygens (including phenoxy) is 1. The lowest BCUT2D eigenvalue weighted by Crippen LogP contribution is -2.19. The van der Waals surface area contributed by atoms with Crippen LogP contribution in [0, 0.1) is 13.8 Å². The van der Waals surface area contributed by atoms with Crippen LogP contribution in [-0.4, -0.2) is 5.97 Å². The van der Waals surface area contributed by atoms with Crippen LogP contribution >= 0.6 is 15.9 Å². The van der Waals surface area contributed by atoms with Crippen molar-refractivity contribution < 1.29 is 13.9 Å². The number of rotatable bonds is 2. The number of hydrogen-bond acceptors (Lipinski definition) is 4. The van der Waals surface area contributed by atoms with E-state index in [1.165, 1.54) is 6.07 Å². The Balaban J connectivity index is 2.02. The van der Waals surface area contributed by atoms with Gasteiger partial charge in [-0.15, -0.1) is 0 Å². The van der Waals surface area contributed by atoms with Crippen LogP contribution in [0.2, 0.25) is 0 Å². The number of aryl methyl sites for hydroxylation is 2. The van der Waals surface area contributed by atoms with E-state index in [4.69, 9.17) is 9.15 Å². The first kappa shape index (κ1) is 15.5. The summed E-state index contributed by atoms with van der Waals surface area (Å²) in [4.78, 5) is 24.4. The van der Waals surface area contributed by atoms with Crippen molar-refractivity contribution in [2.24, 2.45) is 0 Å². The highest BCUT2D eigenvalue weighted by molar-refractivity contribution is 9.10. The molecule has 0 saturated carbocycles. The molecule has 0 radical (unpaired) electrons. The molecule has 0 bridgehead atoms. The molecule has 0 saturated heterocycles. The fourth-order valence-electron chi connectivity index (χ4n) is 2.41. The van der Waals surface area contributed by atoms with Crippen LogP contribution in [0.5, 0.6) is 5.75 Å². The van der Waals surface area contributed by atoms with Crippen molar-refractivity contribution in [3.63, 3.8) is 0 Å². The van der Waals surface area contributed by atoms with Crippen molar-refractivity contribution in [2.75, 3.05) is 0 Å². The molecule has 0 fully saturated rings. The van der Waals surface area contributed by atoms with Gasteiger partial charge in [0.05, 0.1) is 0 Å². The topological polar surface area (TPSA) is 56.5 Å². The van der Waals surface area contributed by atoms with Gasteiger partial charge in [-0.05, 0) is 49.2 Å². The lowest BCUT2D eigenvalue weighted by molar-refractivity contribution is 0.0728. The number of hydrogen-bond donors (Lipinski definition) is 0. The summed E-state index contributed by atoms with van der Waals surface area (Å²) < 4.78 is 11.5. The zero-order chi connectivity index (χ0) is 16.6. The summed E-state index contributed by atoms with van der Waals surface area (Å²) in [7, 11) is 0. The smallest absolute Gasteiger partial charge is 0.351 e. The van der Waals surface area contributed by atoms with Gasteiger partial charge >= 0.3 is 11.6 Å². The van der Waals surface area contributed by atoms with Crippen LogP contribution in [0.4, 0.5) is 0 Å². The van der Waals surface area contributed by atoms with Gasteiger partial charge in [-0.3, -0.25) is 0 Å². The maximum absolute atomic E-state index is 12.4. The minimum absolute atomic E-state index is 0.120. The molecule has 116 valence electrons. The molecule has 4 nitrogen and oxygen atoms in total. The Hall–Kier alpha value is -2.40. The average molecular weight is 373 g/mol. The molecule has 0 spiro atoms. The Kier molecular flexibility index (Phi) is 4.05. The summed E-state index contributed by atoms with van der Waals surface area (Å²) in [5.41, 5.74) is 1.21. The summed E-state index contributed by atoms with van der Waals surface area (Å²) >= 11 is 3.39. The number of halogens is 1. The van der Waals surface area contributed by atoms with Gasteiger partial charge in [0.2, 0.25) is 0 Å². The molecule has 1 heterocycles. The van der Waals surface area contributed by atoms with E-state index < -0.39 is 11.6 Å². The molecule has 5 heteroatoms. The lowest BCUT2D eigenvalue weighted by Gasteiger charge is -2.11. The molecule has 0 amide bonds. The summed E-state index contributed by atoms with van der Waals surface area (Å²) in [6, 6.07) is 12.2. The van der Waals surface area contributed by atoms with Gasteiger partial charge in [0, 0.05) is 9.86 Å². The Morgan fingerprint density at radius 1 is 1.09 bits per heavy atom. The highest BCUT2D eigenvalue weighted by Gasteiger charge is 2.18. The quantitative estimate of drug-likeness (QED) is 0.380. The molecule has 3 aromatic rings. The van der Waals surface area contributed by atoms with Crippen LogP contribution < -0.4 is 10.4 Å². The van der Waals surface area contributed by atoms with E-state index in [2.05, 4.69) is 15.9 Å². The normalized spacial score (nSPS) is 10.7. The molecule has 0 atom stereocenters. The maximum atomic E-state index is 12.4.